The van der Waals surface area contributed by atoms with Gasteiger partial charge in [-0.15, -0.1) is 0 Å². The molecule has 0 amide bonds. The highest BCUT2D eigenvalue weighted by molar-refractivity contribution is 5.75. The van der Waals surface area contributed by atoms with Gasteiger partial charge in [0.05, 0.1) is 30.3 Å². The van der Waals surface area contributed by atoms with Crippen LogP contribution in [0.3, 0.4) is 0 Å². The molecule has 3 aliphatic rings. The van der Waals surface area contributed by atoms with Crippen molar-refractivity contribution in [2.24, 2.45) is 4.99 Å². The third-order valence-electron chi connectivity index (χ3n) is 8.93. The van der Waals surface area contributed by atoms with Crippen molar-refractivity contribution in [1.82, 2.24) is 24.6 Å². The van der Waals surface area contributed by atoms with Crippen LogP contribution in [0.1, 0.15) is 42.9 Å². The Morgan fingerprint density at radius 3 is 2.81 bits per heavy atom. The average Bonchev–Trinajstić information content (AvgIpc) is 3.43. The average molecular weight is 562 g/mol. The first-order valence-electron chi connectivity index (χ1n) is 15.0. The smallest absolute Gasteiger partial charge is 0.227 e. The molecular weight excluding hydrogens is 526 g/mol. The van der Waals surface area contributed by atoms with Crippen molar-refractivity contribution in [3.63, 3.8) is 0 Å². The molecule has 2 aliphatic heterocycles. The molecule has 214 valence electrons. The van der Waals surface area contributed by atoms with Gasteiger partial charge in [-0.05, 0) is 55.0 Å². The first-order chi connectivity index (χ1) is 20.7. The predicted octanol–water partition coefficient (Wildman–Crippen LogP) is 4.23. The third-order valence-corrected chi connectivity index (χ3v) is 8.93. The summed E-state index contributed by atoms with van der Waals surface area (Å²) in [5, 5.41) is 5.51. The molecule has 0 bridgehead atoms. The number of carbonyl (C=O) groups excluding carboxylic acids is 1. The first-order valence-corrected chi connectivity index (χ1v) is 15.0. The zero-order valence-electron chi connectivity index (χ0n) is 23.9. The molecule has 1 spiro atoms. The zero-order chi connectivity index (χ0) is 28.5. The Labute approximate surface area is 245 Å². The molecule has 1 aliphatic carbocycles. The molecule has 9 heteroatoms. The summed E-state index contributed by atoms with van der Waals surface area (Å²) < 4.78 is 7.59. The minimum atomic E-state index is -0.578. The van der Waals surface area contributed by atoms with Gasteiger partial charge in [-0.3, -0.25) is 9.89 Å². The van der Waals surface area contributed by atoms with Crippen LogP contribution in [0.5, 0.6) is 5.75 Å². The van der Waals surface area contributed by atoms with Gasteiger partial charge in [0.25, 0.3) is 0 Å². The monoisotopic (exact) mass is 561 g/mol. The Kier molecular flexibility index (Phi) is 7.06. The number of benzene rings is 2. The summed E-state index contributed by atoms with van der Waals surface area (Å²) in [4.78, 5) is 31.9. The number of aliphatic imine (C=N–C) groups is 1. The number of rotatable bonds is 6. The summed E-state index contributed by atoms with van der Waals surface area (Å²) in [7, 11) is 0. The largest absolute Gasteiger partial charge is 0.494 e. The number of nitrogens with zero attached hydrogens (tertiary/aromatic N) is 7. The highest BCUT2D eigenvalue weighted by Crippen LogP contribution is 2.47. The zero-order valence-corrected chi connectivity index (χ0v) is 23.9. The second-order valence-electron chi connectivity index (χ2n) is 11.3. The summed E-state index contributed by atoms with van der Waals surface area (Å²) >= 11 is 0. The number of hydrogen-bond donors (Lipinski definition) is 0. The van der Waals surface area contributed by atoms with Gasteiger partial charge in [0.1, 0.15) is 17.2 Å². The molecule has 2 unspecified atom stereocenters. The lowest BCUT2D eigenvalue weighted by atomic mass is 9.68. The van der Waals surface area contributed by atoms with Gasteiger partial charge < -0.3 is 9.64 Å². The van der Waals surface area contributed by atoms with Crippen LogP contribution in [0.25, 0.3) is 11.0 Å². The van der Waals surface area contributed by atoms with Gasteiger partial charge in [0, 0.05) is 51.1 Å². The van der Waals surface area contributed by atoms with Crippen molar-refractivity contribution in [1.29, 1.82) is 0 Å². The minimum Gasteiger partial charge on any atom is -0.494 e. The summed E-state index contributed by atoms with van der Waals surface area (Å²) in [5.41, 5.74) is 4.58. The Morgan fingerprint density at radius 1 is 1.07 bits per heavy atom. The molecular formula is C33H35N7O2. The number of ether oxygens (including phenoxy) is 1. The van der Waals surface area contributed by atoms with Crippen LogP contribution in [0, 0.1) is 0 Å². The molecule has 0 N–H and O–H groups in total. The third kappa shape index (κ3) is 4.68. The van der Waals surface area contributed by atoms with Crippen molar-refractivity contribution >= 4 is 29.1 Å². The lowest BCUT2D eigenvalue weighted by Gasteiger charge is -2.47. The molecule has 4 aromatic rings. The summed E-state index contributed by atoms with van der Waals surface area (Å²) in [6.07, 6.45) is 9.33. The van der Waals surface area contributed by atoms with Gasteiger partial charge in [-0.2, -0.15) is 10.1 Å². The van der Waals surface area contributed by atoms with Crippen LogP contribution in [-0.4, -0.2) is 75.6 Å². The van der Waals surface area contributed by atoms with Gasteiger partial charge in [0.15, 0.2) is 5.65 Å². The Balaban J connectivity index is 1.08. The number of fused-ring (bicyclic) bond motifs is 3. The highest BCUT2D eigenvalue weighted by Gasteiger charge is 2.47. The van der Waals surface area contributed by atoms with Crippen LogP contribution in [0.2, 0.25) is 0 Å². The quantitative estimate of drug-likeness (QED) is 0.326. The Hall–Kier alpha value is -4.33. The van der Waals surface area contributed by atoms with E-state index in [0.717, 1.165) is 79.8 Å². The topological polar surface area (TPSA) is 88.7 Å². The van der Waals surface area contributed by atoms with E-state index in [4.69, 9.17) is 14.7 Å². The standard InChI is InChI=1S/C33H35N7O2/c1-2-42-27-9-5-7-24(19-27)22-40-31-26(21-36-40)20-34-32(37-31)39-17-15-38(16-18-39)30-11-6-13-33(29(30)23-41)28-10-4-3-8-25(28)12-14-35-33/h3-5,7-10,14,19-21,30H,2,6,11-13,15-18,22H2,1H3. The molecule has 1 saturated heterocycles. The van der Waals surface area contributed by atoms with Gasteiger partial charge >= 0.3 is 0 Å². The number of hydrogen-bond acceptors (Lipinski definition) is 8. The van der Waals surface area contributed by atoms with Crippen LogP contribution < -0.4 is 9.64 Å². The fourth-order valence-electron chi connectivity index (χ4n) is 6.94. The number of aromatic nitrogens is 4. The Morgan fingerprint density at radius 2 is 1.95 bits per heavy atom. The molecule has 2 fully saturated rings. The molecule has 2 aromatic carbocycles. The van der Waals surface area contributed by atoms with Crippen molar-refractivity contribution in [3.05, 3.63) is 83.2 Å². The van der Waals surface area contributed by atoms with Crippen molar-refractivity contribution in [2.75, 3.05) is 37.7 Å². The predicted molar refractivity (Wildman–Crippen MR) is 163 cm³/mol. The van der Waals surface area contributed by atoms with Crippen LogP contribution in [0.4, 0.5) is 5.95 Å². The van der Waals surface area contributed by atoms with E-state index in [9.17, 15) is 4.79 Å². The van der Waals surface area contributed by atoms with E-state index < -0.39 is 5.54 Å². The Bertz CT molecular complexity index is 1680. The van der Waals surface area contributed by atoms with E-state index in [1.54, 1.807) is 0 Å². The maximum absolute atomic E-state index is 12.6. The molecule has 4 heterocycles. The second-order valence-corrected chi connectivity index (χ2v) is 11.3. The molecule has 42 heavy (non-hydrogen) atoms. The minimum absolute atomic E-state index is 0.0407. The van der Waals surface area contributed by atoms with E-state index in [2.05, 4.69) is 56.2 Å². The maximum Gasteiger partial charge on any atom is 0.227 e. The van der Waals surface area contributed by atoms with E-state index in [-0.39, 0.29) is 6.04 Å². The fourth-order valence-corrected chi connectivity index (χ4v) is 6.94. The van der Waals surface area contributed by atoms with Crippen LogP contribution in [0.15, 0.2) is 71.5 Å². The van der Waals surface area contributed by atoms with Crippen LogP contribution in [-0.2, 0) is 23.3 Å². The fraction of sp³-hybridized carbons (Fsp3) is 0.394. The highest BCUT2D eigenvalue weighted by atomic mass is 16.5. The molecule has 2 atom stereocenters. The second kappa shape index (κ2) is 11.2. The van der Waals surface area contributed by atoms with E-state index in [1.807, 2.05) is 48.4 Å². The SMILES string of the molecule is CCOc1cccc(Cn2ncc3cnc(N4CCN(C5CCCC6(N=CCc7ccccc76)C5=C=O)CC4)nc32)c1. The molecule has 1 saturated carbocycles. The lowest BCUT2D eigenvalue weighted by molar-refractivity contribution is 0.162. The van der Waals surface area contributed by atoms with Crippen molar-refractivity contribution < 1.29 is 9.53 Å². The molecule has 0 radical (unpaired) electrons. The van der Waals surface area contributed by atoms with Crippen molar-refractivity contribution in [2.45, 2.75) is 50.7 Å². The van der Waals surface area contributed by atoms with E-state index >= 15 is 0 Å². The molecule has 2 aromatic heterocycles. The number of anilines is 1. The first kappa shape index (κ1) is 26.6. The normalized spacial score (nSPS) is 22.4. The maximum atomic E-state index is 12.6. The summed E-state index contributed by atoms with van der Waals surface area (Å²) in [6.45, 7) is 6.43. The van der Waals surface area contributed by atoms with E-state index in [1.165, 1.54) is 11.1 Å². The van der Waals surface area contributed by atoms with Crippen molar-refractivity contribution in [3.8, 4) is 5.75 Å². The molecule has 7 rings (SSSR count). The summed E-state index contributed by atoms with van der Waals surface area (Å²) in [5.74, 6) is 3.97. The van der Waals surface area contributed by atoms with Crippen LogP contribution >= 0.6 is 0 Å². The summed E-state index contributed by atoms with van der Waals surface area (Å²) in [6, 6.07) is 16.6. The number of piperazine rings is 1. The van der Waals surface area contributed by atoms with Gasteiger partial charge in [-0.1, -0.05) is 36.4 Å². The van der Waals surface area contributed by atoms with Gasteiger partial charge in [0.2, 0.25) is 5.95 Å². The van der Waals surface area contributed by atoms with E-state index in [0.29, 0.717) is 19.1 Å². The van der Waals surface area contributed by atoms with Gasteiger partial charge in [-0.25, -0.2) is 14.5 Å². The molecule has 9 nitrogen and oxygen atoms in total. The lowest BCUT2D eigenvalue weighted by Crippen LogP contribution is -2.54.